The van der Waals surface area contributed by atoms with Crippen molar-refractivity contribution in [3.63, 3.8) is 0 Å². The molecule has 0 saturated carbocycles. The average molecular weight is 444 g/mol. The van der Waals surface area contributed by atoms with Crippen molar-refractivity contribution in [2.75, 3.05) is 0 Å². The number of halogens is 1. The molecule has 1 amide bonds. The molecule has 0 aliphatic carbocycles. The van der Waals surface area contributed by atoms with Crippen LogP contribution in [0.1, 0.15) is 41.9 Å². The van der Waals surface area contributed by atoms with Gasteiger partial charge in [0.25, 0.3) is 5.91 Å². The highest BCUT2D eigenvalue weighted by Gasteiger charge is 2.25. The Labute approximate surface area is 193 Å². The molecule has 1 heterocycles. The fourth-order valence-electron chi connectivity index (χ4n) is 3.96. The minimum atomic E-state index is -0.153. The molecule has 1 unspecified atom stereocenters. The monoisotopic (exact) mass is 443 g/mol. The minimum absolute atomic E-state index is 0.0732. The molecule has 162 valence electrons. The summed E-state index contributed by atoms with van der Waals surface area (Å²) in [7, 11) is 1.88. The van der Waals surface area contributed by atoms with Crippen molar-refractivity contribution >= 4 is 17.5 Å². The summed E-state index contributed by atoms with van der Waals surface area (Å²) in [4.78, 5) is 18.5. The molecule has 0 saturated heterocycles. The first-order chi connectivity index (χ1) is 15.6. The van der Waals surface area contributed by atoms with Crippen LogP contribution in [0, 0.1) is 0 Å². The SMILES string of the molecule is CCCC(NC(=O)c1c(-c2cccc(Cl)c2)nc(-c2ccccc2)n1C)c1ccccc1. The first-order valence-corrected chi connectivity index (χ1v) is 11.2. The number of hydrogen-bond donors (Lipinski definition) is 1. The number of hydrogen-bond acceptors (Lipinski definition) is 2. The van der Waals surface area contributed by atoms with Gasteiger partial charge in [-0.25, -0.2) is 4.98 Å². The lowest BCUT2D eigenvalue weighted by Gasteiger charge is -2.19. The zero-order valence-corrected chi connectivity index (χ0v) is 19.0. The van der Waals surface area contributed by atoms with E-state index < -0.39 is 0 Å². The van der Waals surface area contributed by atoms with E-state index in [1.54, 1.807) is 0 Å². The molecule has 0 bridgehead atoms. The van der Waals surface area contributed by atoms with Crippen LogP contribution in [0.2, 0.25) is 5.02 Å². The van der Waals surface area contributed by atoms with Gasteiger partial charge in [-0.3, -0.25) is 4.79 Å². The number of carbonyl (C=O) groups is 1. The molecule has 1 aromatic heterocycles. The first kappa shape index (κ1) is 21.8. The topological polar surface area (TPSA) is 46.9 Å². The standard InChI is InChI=1S/C27H26ClN3O/c1-3-11-23(19-12-6-4-7-13-19)29-27(32)25-24(21-16-10-17-22(28)18-21)30-26(31(25)2)20-14-8-5-9-15-20/h4-10,12-18,23H,3,11H2,1-2H3,(H,29,32). The van der Waals surface area contributed by atoms with Gasteiger partial charge in [-0.05, 0) is 24.1 Å². The highest BCUT2D eigenvalue weighted by molar-refractivity contribution is 6.30. The van der Waals surface area contributed by atoms with Crippen LogP contribution >= 0.6 is 11.6 Å². The van der Waals surface area contributed by atoms with Crippen LogP contribution < -0.4 is 5.32 Å². The van der Waals surface area contributed by atoms with E-state index in [0.29, 0.717) is 16.4 Å². The van der Waals surface area contributed by atoms with E-state index in [9.17, 15) is 4.79 Å². The summed E-state index contributed by atoms with van der Waals surface area (Å²) >= 11 is 6.26. The Balaban J connectivity index is 1.79. The molecule has 5 heteroatoms. The number of rotatable bonds is 7. The van der Waals surface area contributed by atoms with Crippen molar-refractivity contribution in [2.45, 2.75) is 25.8 Å². The Kier molecular flexibility index (Phi) is 6.72. The molecule has 4 rings (SSSR count). The molecule has 0 aliphatic heterocycles. The van der Waals surface area contributed by atoms with Gasteiger partial charge in [-0.1, -0.05) is 97.7 Å². The summed E-state index contributed by atoms with van der Waals surface area (Å²) in [6.45, 7) is 2.12. The Morgan fingerprint density at radius 3 is 2.28 bits per heavy atom. The van der Waals surface area contributed by atoms with Crippen LogP contribution in [0.25, 0.3) is 22.6 Å². The van der Waals surface area contributed by atoms with Gasteiger partial charge in [0.1, 0.15) is 17.2 Å². The number of amides is 1. The molecule has 0 aliphatic rings. The van der Waals surface area contributed by atoms with Crippen molar-refractivity contribution in [1.29, 1.82) is 0 Å². The lowest BCUT2D eigenvalue weighted by molar-refractivity contribution is 0.0927. The van der Waals surface area contributed by atoms with Crippen molar-refractivity contribution in [1.82, 2.24) is 14.9 Å². The maximum Gasteiger partial charge on any atom is 0.270 e. The lowest BCUT2D eigenvalue weighted by Crippen LogP contribution is -2.30. The van der Waals surface area contributed by atoms with Crippen LogP contribution in [-0.2, 0) is 7.05 Å². The van der Waals surface area contributed by atoms with E-state index in [1.807, 2.05) is 84.4 Å². The number of nitrogens with one attached hydrogen (secondary N) is 1. The maximum atomic E-state index is 13.6. The fourth-order valence-corrected chi connectivity index (χ4v) is 4.15. The van der Waals surface area contributed by atoms with Crippen LogP contribution in [0.5, 0.6) is 0 Å². The predicted octanol–water partition coefficient (Wildman–Crippen LogP) is 6.68. The lowest BCUT2D eigenvalue weighted by atomic mass is 10.0. The van der Waals surface area contributed by atoms with Gasteiger partial charge in [0.2, 0.25) is 0 Å². The van der Waals surface area contributed by atoms with Crippen LogP contribution in [0.15, 0.2) is 84.9 Å². The third-order valence-corrected chi connectivity index (χ3v) is 5.76. The van der Waals surface area contributed by atoms with Gasteiger partial charge < -0.3 is 9.88 Å². The predicted molar refractivity (Wildman–Crippen MR) is 131 cm³/mol. The van der Waals surface area contributed by atoms with Gasteiger partial charge in [0, 0.05) is 23.2 Å². The van der Waals surface area contributed by atoms with Crippen molar-refractivity contribution in [3.8, 4) is 22.6 Å². The number of nitrogens with zero attached hydrogens (tertiary/aromatic N) is 2. The fraction of sp³-hybridized carbons (Fsp3) is 0.185. The summed E-state index contributed by atoms with van der Waals surface area (Å²) in [5.74, 6) is 0.580. The van der Waals surface area contributed by atoms with E-state index in [4.69, 9.17) is 16.6 Å². The summed E-state index contributed by atoms with van der Waals surface area (Å²) in [5.41, 5.74) is 3.99. The van der Waals surface area contributed by atoms with Crippen molar-refractivity contribution in [3.05, 3.63) is 101 Å². The zero-order chi connectivity index (χ0) is 22.5. The molecule has 0 spiro atoms. The number of carbonyl (C=O) groups excluding carboxylic acids is 1. The van der Waals surface area contributed by atoms with Gasteiger partial charge >= 0.3 is 0 Å². The van der Waals surface area contributed by atoms with Crippen LogP contribution in [0.3, 0.4) is 0 Å². The second kappa shape index (κ2) is 9.84. The molecule has 4 nitrogen and oxygen atoms in total. The summed E-state index contributed by atoms with van der Waals surface area (Å²) in [5, 5.41) is 3.85. The van der Waals surface area contributed by atoms with E-state index in [-0.39, 0.29) is 11.9 Å². The van der Waals surface area contributed by atoms with E-state index in [1.165, 1.54) is 0 Å². The molecule has 32 heavy (non-hydrogen) atoms. The zero-order valence-electron chi connectivity index (χ0n) is 18.3. The first-order valence-electron chi connectivity index (χ1n) is 10.8. The molecular weight excluding hydrogens is 418 g/mol. The largest absolute Gasteiger partial charge is 0.344 e. The molecule has 1 atom stereocenters. The Morgan fingerprint density at radius 1 is 0.969 bits per heavy atom. The van der Waals surface area contributed by atoms with Crippen LogP contribution in [0.4, 0.5) is 0 Å². The molecular formula is C27H26ClN3O. The molecule has 1 N–H and O–H groups in total. The van der Waals surface area contributed by atoms with E-state index in [0.717, 1.165) is 35.4 Å². The Hall–Kier alpha value is -3.37. The number of benzene rings is 3. The van der Waals surface area contributed by atoms with Crippen molar-refractivity contribution < 1.29 is 4.79 Å². The minimum Gasteiger partial charge on any atom is -0.344 e. The average Bonchev–Trinajstić information content (AvgIpc) is 3.17. The number of aromatic nitrogens is 2. The molecule has 3 aromatic carbocycles. The third-order valence-electron chi connectivity index (χ3n) is 5.52. The van der Waals surface area contributed by atoms with Crippen LogP contribution in [-0.4, -0.2) is 15.5 Å². The summed E-state index contributed by atoms with van der Waals surface area (Å²) in [6.07, 6.45) is 1.81. The Morgan fingerprint density at radius 2 is 1.62 bits per heavy atom. The summed E-state index contributed by atoms with van der Waals surface area (Å²) < 4.78 is 1.87. The highest BCUT2D eigenvalue weighted by Crippen LogP contribution is 2.31. The van der Waals surface area contributed by atoms with Gasteiger partial charge in [-0.15, -0.1) is 0 Å². The second-order valence-electron chi connectivity index (χ2n) is 7.79. The smallest absolute Gasteiger partial charge is 0.270 e. The van der Waals surface area contributed by atoms with E-state index >= 15 is 0 Å². The van der Waals surface area contributed by atoms with E-state index in [2.05, 4.69) is 24.4 Å². The van der Waals surface area contributed by atoms with Gasteiger partial charge in [0.05, 0.1) is 6.04 Å². The van der Waals surface area contributed by atoms with Gasteiger partial charge in [-0.2, -0.15) is 0 Å². The Bertz CT molecular complexity index is 1200. The quantitative estimate of drug-likeness (QED) is 0.346. The molecule has 0 radical (unpaired) electrons. The summed E-state index contributed by atoms with van der Waals surface area (Å²) in [6, 6.07) is 27.4. The highest BCUT2D eigenvalue weighted by atomic mass is 35.5. The number of imidazole rings is 1. The van der Waals surface area contributed by atoms with Crippen molar-refractivity contribution in [2.24, 2.45) is 7.05 Å². The third kappa shape index (κ3) is 4.61. The molecule has 0 fully saturated rings. The maximum absolute atomic E-state index is 13.6. The normalized spacial score (nSPS) is 11.8. The molecule has 4 aromatic rings. The second-order valence-corrected chi connectivity index (χ2v) is 8.23. The van der Waals surface area contributed by atoms with Gasteiger partial charge in [0.15, 0.2) is 0 Å².